The van der Waals surface area contributed by atoms with Gasteiger partial charge in [-0.2, -0.15) is 0 Å². The van der Waals surface area contributed by atoms with Crippen LogP contribution in [0.15, 0.2) is 35.7 Å². The zero-order valence-corrected chi connectivity index (χ0v) is 10.6. The van der Waals surface area contributed by atoms with Gasteiger partial charge in [-0.15, -0.1) is 11.3 Å². The van der Waals surface area contributed by atoms with Crippen LogP contribution < -0.4 is 0 Å². The molecule has 0 spiro atoms. The van der Waals surface area contributed by atoms with Crippen LogP contribution in [0.1, 0.15) is 23.2 Å². The van der Waals surface area contributed by atoms with E-state index in [0.717, 1.165) is 29.7 Å². The normalized spacial score (nSPS) is 11.1. The summed E-state index contributed by atoms with van der Waals surface area (Å²) in [5, 5.41) is 2.10. The molecule has 0 aliphatic carbocycles. The average molecular weight is 242 g/mol. The van der Waals surface area contributed by atoms with Gasteiger partial charge >= 0.3 is 0 Å². The number of aryl methyl sites for hydroxylation is 1. The van der Waals surface area contributed by atoms with Crippen molar-refractivity contribution in [2.24, 2.45) is 0 Å². The van der Waals surface area contributed by atoms with E-state index in [1.54, 1.807) is 11.3 Å². The van der Waals surface area contributed by atoms with Crippen LogP contribution in [0.3, 0.4) is 0 Å². The number of benzene rings is 1. The molecule has 2 aromatic heterocycles. The molecule has 0 saturated carbocycles. The second-order valence-electron chi connectivity index (χ2n) is 4.14. The Morgan fingerprint density at radius 1 is 1.29 bits per heavy atom. The predicted octanol–water partition coefficient (Wildman–Crippen LogP) is 3.78. The molecule has 3 heteroatoms. The first kappa shape index (κ1) is 10.5. The Kier molecular flexibility index (Phi) is 2.69. The summed E-state index contributed by atoms with van der Waals surface area (Å²) in [4.78, 5) is 9.37. The molecule has 0 atom stereocenters. The van der Waals surface area contributed by atoms with Gasteiger partial charge in [0, 0.05) is 11.3 Å². The van der Waals surface area contributed by atoms with Crippen LogP contribution in [0.5, 0.6) is 0 Å². The molecule has 3 aromatic rings. The molecule has 2 nitrogen and oxygen atoms in total. The van der Waals surface area contributed by atoms with Crippen molar-refractivity contribution in [3.63, 3.8) is 0 Å². The van der Waals surface area contributed by atoms with Crippen molar-refractivity contribution in [1.82, 2.24) is 9.97 Å². The molecule has 0 radical (unpaired) electrons. The van der Waals surface area contributed by atoms with E-state index in [4.69, 9.17) is 0 Å². The molecule has 0 amide bonds. The second kappa shape index (κ2) is 4.34. The molecule has 86 valence electrons. The third-order valence-electron chi connectivity index (χ3n) is 2.93. The molecule has 1 N–H and O–H groups in total. The summed E-state index contributed by atoms with van der Waals surface area (Å²) in [6.07, 6.45) is 1.96. The lowest BCUT2D eigenvalue weighted by Crippen LogP contribution is -1.86. The third kappa shape index (κ3) is 2.11. The van der Waals surface area contributed by atoms with Crippen molar-refractivity contribution in [2.75, 3.05) is 0 Å². The minimum atomic E-state index is 0.897. The van der Waals surface area contributed by atoms with Crippen molar-refractivity contribution < 1.29 is 0 Å². The first-order chi connectivity index (χ1) is 8.35. The minimum absolute atomic E-state index is 0.897. The lowest BCUT2D eigenvalue weighted by molar-refractivity contribution is 1.06. The quantitative estimate of drug-likeness (QED) is 0.744. The van der Waals surface area contributed by atoms with E-state index in [-0.39, 0.29) is 0 Å². The zero-order chi connectivity index (χ0) is 11.7. The van der Waals surface area contributed by atoms with Crippen LogP contribution in [0.2, 0.25) is 0 Å². The Morgan fingerprint density at radius 2 is 2.24 bits per heavy atom. The molecule has 2 heterocycles. The van der Waals surface area contributed by atoms with Crippen LogP contribution in [-0.4, -0.2) is 9.97 Å². The smallest absolute Gasteiger partial charge is 0.112 e. The molecule has 0 unspecified atom stereocenters. The number of nitrogens with zero attached hydrogens (tertiary/aromatic N) is 1. The van der Waals surface area contributed by atoms with E-state index in [1.807, 2.05) is 0 Å². The van der Waals surface area contributed by atoms with Crippen LogP contribution in [-0.2, 0) is 12.8 Å². The summed E-state index contributed by atoms with van der Waals surface area (Å²) in [5.74, 6) is 1.05. The number of imidazole rings is 1. The van der Waals surface area contributed by atoms with Crippen molar-refractivity contribution >= 4 is 22.4 Å². The Hall–Kier alpha value is -1.61. The molecule has 0 bridgehead atoms. The second-order valence-corrected chi connectivity index (χ2v) is 5.18. The Morgan fingerprint density at radius 3 is 3.00 bits per heavy atom. The zero-order valence-electron chi connectivity index (χ0n) is 9.73. The average Bonchev–Trinajstić information content (AvgIpc) is 2.96. The van der Waals surface area contributed by atoms with E-state index in [2.05, 4.69) is 52.6 Å². The number of rotatable bonds is 3. The fraction of sp³-hybridized carbons (Fsp3) is 0.214. The highest BCUT2D eigenvalue weighted by Gasteiger charge is 2.04. The predicted molar refractivity (Wildman–Crippen MR) is 72.6 cm³/mol. The molecule has 0 aliphatic heterocycles. The maximum atomic E-state index is 4.61. The summed E-state index contributed by atoms with van der Waals surface area (Å²) >= 11 is 1.78. The van der Waals surface area contributed by atoms with Crippen molar-refractivity contribution in [2.45, 2.75) is 19.8 Å². The number of fused-ring (bicyclic) bond motifs is 1. The van der Waals surface area contributed by atoms with E-state index in [1.165, 1.54) is 10.4 Å². The van der Waals surface area contributed by atoms with Gasteiger partial charge < -0.3 is 4.98 Å². The van der Waals surface area contributed by atoms with Crippen LogP contribution in [0, 0.1) is 0 Å². The van der Waals surface area contributed by atoms with Gasteiger partial charge in [0.1, 0.15) is 5.82 Å². The highest BCUT2D eigenvalue weighted by molar-refractivity contribution is 7.09. The fourth-order valence-corrected chi connectivity index (χ4v) is 2.70. The lowest BCUT2D eigenvalue weighted by Gasteiger charge is -1.94. The number of thiophene rings is 1. The van der Waals surface area contributed by atoms with Gasteiger partial charge in [0.25, 0.3) is 0 Å². The summed E-state index contributed by atoms with van der Waals surface area (Å²) in [6, 6.07) is 10.7. The molecule has 1 aromatic carbocycles. The van der Waals surface area contributed by atoms with Crippen molar-refractivity contribution in [3.8, 4) is 0 Å². The molecule has 0 fully saturated rings. The number of aromatic amines is 1. The standard InChI is InChI=1S/C14H14N2S/c1-2-10-5-6-12-13(8-10)16-14(15-12)9-11-4-3-7-17-11/h3-8H,2,9H2,1H3,(H,15,16). The maximum absolute atomic E-state index is 4.61. The summed E-state index contributed by atoms with van der Waals surface area (Å²) in [7, 11) is 0. The van der Waals surface area contributed by atoms with Gasteiger partial charge in [-0.3, -0.25) is 0 Å². The number of hydrogen-bond donors (Lipinski definition) is 1. The number of H-pyrrole nitrogens is 1. The van der Waals surface area contributed by atoms with Gasteiger partial charge in [-0.25, -0.2) is 4.98 Å². The van der Waals surface area contributed by atoms with Gasteiger partial charge in [0.05, 0.1) is 11.0 Å². The number of hydrogen-bond acceptors (Lipinski definition) is 2. The maximum Gasteiger partial charge on any atom is 0.112 e. The van der Waals surface area contributed by atoms with Crippen LogP contribution in [0.25, 0.3) is 11.0 Å². The fourth-order valence-electron chi connectivity index (χ4n) is 1.99. The minimum Gasteiger partial charge on any atom is -0.342 e. The summed E-state index contributed by atoms with van der Waals surface area (Å²) in [6.45, 7) is 2.17. The van der Waals surface area contributed by atoms with E-state index in [9.17, 15) is 0 Å². The molecule has 0 aliphatic rings. The summed E-state index contributed by atoms with van der Waals surface area (Å²) < 4.78 is 0. The van der Waals surface area contributed by atoms with Crippen LogP contribution in [0.4, 0.5) is 0 Å². The highest BCUT2D eigenvalue weighted by atomic mass is 32.1. The molecular weight excluding hydrogens is 228 g/mol. The Labute approximate surface area is 104 Å². The molecule has 0 saturated heterocycles. The largest absolute Gasteiger partial charge is 0.342 e. The van der Waals surface area contributed by atoms with E-state index in [0.29, 0.717) is 0 Å². The first-order valence-corrected chi connectivity index (χ1v) is 6.73. The lowest BCUT2D eigenvalue weighted by atomic mass is 10.1. The first-order valence-electron chi connectivity index (χ1n) is 5.85. The SMILES string of the molecule is CCc1ccc2nc(Cc3cccs3)[nH]c2c1. The van der Waals surface area contributed by atoms with Gasteiger partial charge in [-0.1, -0.05) is 19.1 Å². The Balaban J connectivity index is 1.96. The molecule has 17 heavy (non-hydrogen) atoms. The van der Waals surface area contributed by atoms with Crippen LogP contribution >= 0.6 is 11.3 Å². The third-order valence-corrected chi connectivity index (χ3v) is 3.80. The highest BCUT2D eigenvalue weighted by Crippen LogP contribution is 2.18. The number of nitrogens with one attached hydrogen (secondary N) is 1. The Bertz CT molecular complexity index is 623. The van der Waals surface area contributed by atoms with Gasteiger partial charge in [0.2, 0.25) is 0 Å². The van der Waals surface area contributed by atoms with E-state index < -0.39 is 0 Å². The molecule has 3 rings (SSSR count). The van der Waals surface area contributed by atoms with Crippen molar-refractivity contribution in [3.05, 3.63) is 52.0 Å². The van der Waals surface area contributed by atoms with E-state index >= 15 is 0 Å². The van der Waals surface area contributed by atoms with Gasteiger partial charge in [0.15, 0.2) is 0 Å². The topological polar surface area (TPSA) is 28.7 Å². The number of aromatic nitrogens is 2. The monoisotopic (exact) mass is 242 g/mol. The van der Waals surface area contributed by atoms with Gasteiger partial charge in [-0.05, 0) is 35.6 Å². The molecular formula is C14H14N2S. The summed E-state index contributed by atoms with van der Waals surface area (Å²) in [5.41, 5.74) is 3.56. The van der Waals surface area contributed by atoms with Crippen molar-refractivity contribution in [1.29, 1.82) is 0 Å².